The van der Waals surface area contributed by atoms with Crippen molar-refractivity contribution in [1.29, 1.82) is 0 Å². The molecule has 0 atom stereocenters. The van der Waals surface area contributed by atoms with Crippen LogP contribution in [0.3, 0.4) is 0 Å². The van der Waals surface area contributed by atoms with Crippen molar-refractivity contribution >= 4 is 32.9 Å². The van der Waals surface area contributed by atoms with Gasteiger partial charge < -0.3 is 15.5 Å². The lowest BCUT2D eigenvalue weighted by Crippen LogP contribution is -2.03. The van der Waals surface area contributed by atoms with Gasteiger partial charge in [0.2, 0.25) is 0 Å². The average molecular weight is 278 g/mol. The number of rotatable bonds is 2. The molecule has 0 fully saturated rings. The van der Waals surface area contributed by atoms with E-state index in [1.807, 2.05) is 0 Å². The molecule has 2 aromatic rings. The van der Waals surface area contributed by atoms with E-state index in [4.69, 9.17) is 5.73 Å². The molecule has 3 N–H and O–H groups in total. The van der Waals surface area contributed by atoms with E-state index < -0.39 is 6.61 Å². The van der Waals surface area contributed by atoms with E-state index in [2.05, 4.69) is 30.6 Å². The molecule has 0 spiro atoms. The van der Waals surface area contributed by atoms with Crippen molar-refractivity contribution in [2.45, 2.75) is 6.61 Å². The molecule has 0 amide bonds. The van der Waals surface area contributed by atoms with E-state index in [9.17, 15) is 8.78 Å². The van der Waals surface area contributed by atoms with Crippen LogP contribution in [-0.2, 0) is 0 Å². The van der Waals surface area contributed by atoms with Crippen LogP contribution in [0.4, 0.5) is 14.7 Å². The first-order valence-electron chi connectivity index (χ1n) is 3.96. The number of nitrogens with two attached hydrogens (primary N) is 1. The van der Waals surface area contributed by atoms with E-state index in [0.717, 1.165) is 0 Å². The SMILES string of the molecule is Nc1nc2c(OC(F)F)c(Br)ccc2[nH]1. The number of imidazole rings is 1. The summed E-state index contributed by atoms with van der Waals surface area (Å²) in [5, 5.41) is 0. The van der Waals surface area contributed by atoms with Gasteiger partial charge in [-0.2, -0.15) is 8.78 Å². The lowest BCUT2D eigenvalue weighted by molar-refractivity contribution is -0.0494. The van der Waals surface area contributed by atoms with Crippen molar-refractivity contribution in [1.82, 2.24) is 9.97 Å². The van der Waals surface area contributed by atoms with Crippen LogP contribution in [0.1, 0.15) is 0 Å². The first-order valence-corrected chi connectivity index (χ1v) is 4.75. The van der Waals surface area contributed by atoms with Crippen LogP contribution < -0.4 is 10.5 Å². The predicted octanol–water partition coefficient (Wildman–Crippen LogP) is 2.51. The Morgan fingerprint density at radius 2 is 2.20 bits per heavy atom. The first kappa shape index (κ1) is 10.2. The molecule has 1 aromatic carbocycles. The average Bonchev–Trinajstić information content (AvgIpc) is 2.51. The summed E-state index contributed by atoms with van der Waals surface area (Å²) in [4.78, 5) is 6.58. The molecule has 1 heterocycles. The lowest BCUT2D eigenvalue weighted by Gasteiger charge is -2.06. The summed E-state index contributed by atoms with van der Waals surface area (Å²) < 4.78 is 29.0. The molecule has 0 aliphatic rings. The number of aromatic nitrogens is 2. The van der Waals surface area contributed by atoms with E-state index in [1.165, 1.54) is 0 Å². The van der Waals surface area contributed by atoms with Gasteiger partial charge >= 0.3 is 6.61 Å². The number of ether oxygens (including phenoxy) is 1. The summed E-state index contributed by atoms with van der Waals surface area (Å²) in [7, 11) is 0. The summed E-state index contributed by atoms with van der Waals surface area (Å²) in [5.74, 6) is 0.137. The normalized spacial score (nSPS) is 11.2. The van der Waals surface area contributed by atoms with Gasteiger partial charge in [-0.3, -0.25) is 0 Å². The number of fused-ring (bicyclic) bond motifs is 1. The molecular weight excluding hydrogens is 272 g/mol. The minimum atomic E-state index is -2.90. The second-order valence-electron chi connectivity index (χ2n) is 2.77. The van der Waals surface area contributed by atoms with Gasteiger partial charge in [0.1, 0.15) is 5.52 Å². The standard InChI is InChI=1S/C8H6BrF2N3O/c9-3-1-2-4-5(14-8(12)13-4)6(3)15-7(10)11/h1-2,7H,(H3,12,13,14). The molecule has 80 valence electrons. The van der Waals surface area contributed by atoms with Crippen LogP contribution in [0, 0.1) is 0 Å². The monoisotopic (exact) mass is 277 g/mol. The van der Waals surface area contributed by atoms with Crippen LogP contribution in [0.5, 0.6) is 5.75 Å². The number of alkyl halides is 2. The van der Waals surface area contributed by atoms with E-state index in [0.29, 0.717) is 9.99 Å². The third kappa shape index (κ3) is 1.87. The smallest absolute Gasteiger partial charge is 0.387 e. The quantitative estimate of drug-likeness (QED) is 0.887. The van der Waals surface area contributed by atoms with Crippen molar-refractivity contribution in [3.05, 3.63) is 16.6 Å². The van der Waals surface area contributed by atoms with Gasteiger partial charge in [-0.25, -0.2) is 4.98 Å². The number of benzene rings is 1. The van der Waals surface area contributed by atoms with E-state index >= 15 is 0 Å². The zero-order chi connectivity index (χ0) is 11.0. The molecule has 0 aliphatic heterocycles. The third-order valence-electron chi connectivity index (χ3n) is 1.79. The first-order chi connectivity index (χ1) is 7.08. The van der Waals surface area contributed by atoms with Gasteiger partial charge in [-0.15, -0.1) is 0 Å². The van der Waals surface area contributed by atoms with Crippen molar-refractivity contribution in [3.8, 4) is 5.75 Å². The molecule has 7 heteroatoms. The Morgan fingerprint density at radius 1 is 1.47 bits per heavy atom. The maximum absolute atomic E-state index is 12.1. The Bertz CT molecular complexity index is 500. The Kier molecular flexibility index (Phi) is 2.47. The molecule has 0 bridgehead atoms. The number of H-pyrrole nitrogens is 1. The minimum Gasteiger partial charge on any atom is -0.431 e. The van der Waals surface area contributed by atoms with Crippen LogP contribution in [0.2, 0.25) is 0 Å². The summed E-state index contributed by atoms with van der Waals surface area (Å²) >= 11 is 3.10. The molecule has 0 saturated heterocycles. The third-order valence-corrected chi connectivity index (χ3v) is 2.41. The van der Waals surface area contributed by atoms with Crippen LogP contribution in [-0.4, -0.2) is 16.6 Å². The molecule has 2 rings (SSSR count). The van der Waals surface area contributed by atoms with Gasteiger partial charge in [0, 0.05) is 0 Å². The molecule has 4 nitrogen and oxygen atoms in total. The Morgan fingerprint density at radius 3 is 2.87 bits per heavy atom. The van der Waals surface area contributed by atoms with Gasteiger partial charge in [-0.1, -0.05) is 0 Å². The predicted molar refractivity (Wildman–Crippen MR) is 54.8 cm³/mol. The molecule has 1 aromatic heterocycles. The molecule has 15 heavy (non-hydrogen) atoms. The Balaban J connectivity index is 2.62. The largest absolute Gasteiger partial charge is 0.431 e. The Hall–Kier alpha value is -1.37. The van der Waals surface area contributed by atoms with Crippen LogP contribution in [0.25, 0.3) is 11.0 Å². The number of nitrogen functional groups attached to an aromatic ring is 1. The second-order valence-corrected chi connectivity index (χ2v) is 3.63. The fourth-order valence-corrected chi connectivity index (χ4v) is 1.66. The maximum Gasteiger partial charge on any atom is 0.387 e. The number of nitrogens with zero attached hydrogens (tertiary/aromatic N) is 1. The number of nitrogens with one attached hydrogen (secondary N) is 1. The number of anilines is 1. The van der Waals surface area contributed by atoms with Gasteiger partial charge in [0.15, 0.2) is 11.7 Å². The highest BCUT2D eigenvalue weighted by atomic mass is 79.9. The maximum atomic E-state index is 12.1. The topological polar surface area (TPSA) is 63.9 Å². The number of aromatic amines is 1. The highest BCUT2D eigenvalue weighted by molar-refractivity contribution is 9.10. The Labute approximate surface area is 91.6 Å². The fourth-order valence-electron chi connectivity index (χ4n) is 1.25. The molecule has 0 saturated carbocycles. The summed E-state index contributed by atoms with van der Waals surface area (Å²) in [6.45, 7) is -2.90. The zero-order valence-corrected chi connectivity index (χ0v) is 8.88. The highest BCUT2D eigenvalue weighted by Gasteiger charge is 2.15. The number of hydrogen-bond acceptors (Lipinski definition) is 3. The van der Waals surface area contributed by atoms with Gasteiger partial charge in [0.25, 0.3) is 0 Å². The number of halogens is 3. The number of hydrogen-bond donors (Lipinski definition) is 2. The minimum absolute atomic E-state index is 0.0181. The second kappa shape index (κ2) is 3.65. The van der Waals surface area contributed by atoms with Crippen molar-refractivity contribution in [3.63, 3.8) is 0 Å². The van der Waals surface area contributed by atoms with Gasteiger partial charge in [0.05, 0.1) is 9.99 Å². The molecular formula is C8H6BrF2N3O. The zero-order valence-electron chi connectivity index (χ0n) is 7.30. The van der Waals surface area contributed by atoms with Crippen LogP contribution in [0.15, 0.2) is 16.6 Å². The summed E-state index contributed by atoms with van der Waals surface area (Å²) in [6.07, 6.45) is 0. The lowest BCUT2D eigenvalue weighted by atomic mass is 10.3. The van der Waals surface area contributed by atoms with Crippen molar-refractivity contribution in [2.24, 2.45) is 0 Å². The van der Waals surface area contributed by atoms with E-state index in [-0.39, 0.29) is 17.2 Å². The summed E-state index contributed by atoms with van der Waals surface area (Å²) in [6, 6.07) is 3.25. The molecule has 0 unspecified atom stereocenters. The highest BCUT2D eigenvalue weighted by Crippen LogP contribution is 2.33. The molecule has 0 radical (unpaired) electrons. The van der Waals surface area contributed by atoms with Crippen molar-refractivity contribution < 1.29 is 13.5 Å². The van der Waals surface area contributed by atoms with E-state index in [1.54, 1.807) is 12.1 Å². The van der Waals surface area contributed by atoms with Crippen LogP contribution >= 0.6 is 15.9 Å². The summed E-state index contributed by atoms with van der Waals surface area (Å²) in [5.41, 5.74) is 6.24. The van der Waals surface area contributed by atoms with Crippen molar-refractivity contribution in [2.75, 3.05) is 5.73 Å². The fraction of sp³-hybridized carbons (Fsp3) is 0.125. The molecule has 0 aliphatic carbocycles. The van der Waals surface area contributed by atoms with Gasteiger partial charge in [-0.05, 0) is 28.1 Å².